The molecule has 0 unspecified atom stereocenters. The molecule has 0 aromatic heterocycles. The van der Waals surface area contributed by atoms with Gasteiger partial charge in [-0.15, -0.1) is 0 Å². The van der Waals surface area contributed by atoms with Crippen molar-refractivity contribution in [2.45, 2.75) is 24.7 Å². The molecule has 1 fully saturated rings. The lowest BCUT2D eigenvalue weighted by Gasteiger charge is -2.30. The highest BCUT2D eigenvalue weighted by atomic mass is 16.7. The quantitative estimate of drug-likeness (QED) is 0.589. The summed E-state index contributed by atoms with van der Waals surface area (Å²) in [6.45, 7) is 1.63. The first-order valence-electron chi connectivity index (χ1n) is 10.2. The molecule has 10 nitrogen and oxygen atoms in total. The summed E-state index contributed by atoms with van der Waals surface area (Å²) in [4.78, 5) is 25.9. The van der Waals surface area contributed by atoms with Crippen molar-refractivity contribution < 1.29 is 48.2 Å². The molecule has 33 heavy (non-hydrogen) atoms. The van der Waals surface area contributed by atoms with Gasteiger partial charge in [-0.05, 0) is 42.3 Å². The van der Waals surface area contributed by atoms with E-state index in [4.69, 9.17) is 28.4 Å². The van der Waals surface area contributed by atoms with Gasteiger partial charge in [0.1, 0.15) is 18.1 Å². The fourth-order valence-electron chi connectivity index (χ4n) is 4.08. The van der Waals surface area contributed by atoms with Gasteiger partial charge in [-0.25, -0.2) is 4.79 Å². The van der Waals surface area contributed by atoms with Gasteiger partial charge < -0.3 is 38.6 Å². The first-order valence-corrected chi connectivity index (χ1v) is 10.2. The average molecular weight is 460 g/mol. The molecular formula is C23H24O10. The van der Waals surface area contributed by atoms with E-state index in [0.29, 0.717) is 22.8 Å². The molecule has 4 atom stereocenters. The van der Waals surface area contributed by atoms with Crippen LogP contribution in [-0.4, -0.2) is 55.4 Å². The monoisotopic (exact) mass is 460 g/mol. The van der Waals surface area contributed by atoms with Crippen LogP contribution < -0.4 is 18.9 Å². The van der Waals surface area contributed by atoms with Gasteiger partial charge in [0.05, 0.1) is 20.8 Å². The normalized spacial score (nSPS) is 24.2. The van der Waals surface area contributed by atoms with Crippen LogP contribution in [0.3, 0.4) is 0 Å². The number of aliphatic hydroxyl groups excluding tert-OH is 1. The highest BCUT2D eigenvalue weighted by Gasteiger charge is 2.65. The number of hydrogen-bond donors (Lipinski definition) is 2. The maximum Gasteiger partial charge on any atom is 0.343 e. The zero-order valence-electron chi connectivity index (χ0n) is 18.3. The van der Waals surface area contributed by atoms with Gasteiger partial charge in [-0.3, -0.25) is 4.79 Å². The molecule has 0 amide bonds. The first-order chi connectivity index (χ1) is 15.8. The summed E-state index contributed by atoms with van der Waals surface area (Å²) in [5.41, 5.74) is -2.14. The second-order valence-corrected chi connectivity index (χ2v) is 7.51. The summed E-state index contributed by atoms with van der Waals surface area (Å²) in [7, 11) is 2.85. The Morgan fingerprint density at radius 1 is 1.12 bits per heavy atom. The zero-order valence-corrected chi connectivity index (χ0v) is 18.3. The van der Waals surface area contributed by atoms with Gasteiger partial charge in [-0.1, -0.05) is 12.1 Å². The number of aliphatic hydroxyl groups is 2. The van der Waals surface area contributed by atoms with E-state index in [-0.39, 0.29) is 24.7 Å². The van der Waals surface area contributed by atoms with E-state index in [2.05, 4.69) is 0 Å². The number of rotatable bonds is 7. The molecule has 2 aliphatic rings. The molecule has 2 aliphatic heterocycles. The molecule has 0 spiro atoms. The number of carbonyl (C=O) groups excluding carboxylic acids is 2. The molecule has 4 rings (SSSR count). The van der Waals surface area contributed by atoms with Crippen LogP contribution in [0.2, 0.25) is 0 Å². The summed E-state index contributed by atoms with van der Waals surface area (Å²) in [5, 5.41) is 22.6. The van der Waals surface area contributed by atoms with Gasteiger partial charge in [0.15, 0.2) is 23.0 Å². The Morgan fingerprint density at radius 2 is 1.85 bits per heavy atom. The molecule has 2 aromatic rings. The molecule has 2 N–H and O–H groups in total. The molecule has 2 heterocycles. The van der Waals surface area contributed by atoms with Gasteiger partial charge in [-0.2, -0.15) is 0 Å². The van der Waals surface area contributed by atoms with Crippen molar-refractivity contribution in [1.82, 2.24) is 0 Å². The van der Waals surface area contributed by atoms with Gasteiger partial charge in [0.25, 0.3) is 0 Å². The minimum absolute atomic E-state index is 0.0000827. The predicted molar refractivity (Wildman–Crippen MR) is 111 cm³/mol. The largest absolute Gasteiger partial charge is 0.493 e. The second-order valence-electron chi connectivity index (χ2n) is 7.51. The Labute approximate surface area is 189 Å². The number of carbonyl (C=O) groups is 2. The van der Waals surface area contributed by atoms with E-state index in [1.807, 2.05) is 0 Å². The standard InChI is InChI=1S/C23H24O10/c1-4-30-21(25)18-19(12-5-8-15-17(9-12)32-11-31-15)33-22(26)23(18,27)20(24)13-6-7-14(28-2)16(10-13)29-3/h5-10,18-20,24,27H,4,11H2,1-3H3/t18-,19-,20+,23+/m0/s1. The van der Waals surface area contributed by atoms with Crippen molar-refractivity contribution in [3.05, 3.63) is 47.5 Å². The number of cyclic esters (lactones) is 1. The molecule has 176 valence electrons. The van der Waals surface area contributed by atoms with E-state index < -0.39 is 35.7 Å². The summed E-state index contributed by atoms with van der Waals surface area (Å²) in [6, 6.07) is 9.12. The molecule has 2 aromatic carbocycles. The fraction of sp³-hybridized carbons (Fsp3) is 0.391. The minimum atomic E-state index is -2.63. The summed E-state index contributed by atoms with van der Waals surface area (Å²) in [5.74, 6) is -2.07. The van der Waals surface area contributed by atoms with E-state index in [1.165, 1.54) is 32.4 Å². The predicted octanol–water partition coefficient (Wildman–Crippen LogP) is 1.67. The van der Waals surface area contributed by atoms with Crippen molar-refractivity contribution >= 4 is 11.9 Å². The first kappa shape index (κ1) is 22.7. The number of ether oxygens (including phenoxy) is 6. The van der Waals surface area contributed by atoms with Crippen LogP contribution in [0, 0.1) is 5.92 Å². The Hall–Kier alpha value is -3.50. The van der Waals surface area contributed by atoms with Crippen molar-refractivity contribution in [1.29, 1.82) is 0 Å². The van der Waals surface area contributed by atoms with Crippen LogP contribution in [0.4, 0.5) is 0 Å². The van der Waals surface area contributed by atoms with E-state index >= 15 is 0 Å². The molecule has 0 aliphatic carbocycles. The lowest BCUT2D eigenvalue weighted by atomic mass is 9.77. The summed E-state index contributed by atoms with van der Waals surface area (Å²) in [6.07, 6.45) is -3.07. The fourth-order valence-corrected chi connectivity index (χ4v) is 4.08. The third-order valence-corrected chi connectivity index (χ3v) is 5.74. The number of esters is 2. The zero-order chi connectivity index (χ0) is 23.8. The SMILES string of the molecule is CCOC(=O)[C@@H]1[C@H](c2ccc3c(c2)OCO3)OC(=O)[C@]1(O)[C@H](O)c1ccc(OC)c(OC)c1. The topological polar surface area (TPSA) is 130 Å². The highest BCUT2D eigenvalue weighted by molar-refractivity contribution is 5.92. The molecule has 10 heteroatoms. The van der Waals surface area contributed by atoms with E-state index in [9.17, 15) is 19.8 Å². The minimum Gasteiger partial charge on any atom is -0.493 e. The van der Waals surface area contributed by atoms with Gasteiger partial charge >= 0.3 is 11.9 Å². The van der Waals surface area contributed by atoms with E-state index in [0.717, 1.165) is 0 Å². The average Bonchev–Trinajstić information content (AvgIpc) is 3.40. The third kappa shape index (κ3) is 3.70. The number of methoxy groups -OCH3 is 2. The van der Waals surface area contributed by atoms with Crippen LogP contribution in [0.5, 0.6) is 23.0 Å². The van der Waals surface area contributed by atoms with Crippen molar-refractivity contribution in [3.63, 3.8) is 0 Å². The molecule has 0 radical (unpaired) electrons. The van der Waals surface area contributed by atoms with Gasteiger partial charge in [0, 0.05) is 0 Å². The van der Waals surface area contributed by atoms with Crippen LogP contribution in [-0.2, 0) is 19.1 Å². The third-order valence-electron chi connectivity index (χ3n) is 5.74. The summed E-state index contributed by atoms with van der Waals surface area (Å²) >= 11 is 0. The van der Waals surface area contributed by atoms with Gasteiger partial charge in [0.2, 0.25) is 12.4 Å². The lowest BCUT2D eigenvalue weighted by molar-refractivity contribution is -0.176. The van der Waals surface area contributed by atoms with Crippen molar-refractivity contribution in [2.24, 2.45) is 5.92 Å². The number of benzene rings is 2. The smallest absolute Gasteiger partial charge is 0.343 e. The second kappa shape index (κ2) is 8.80. The van der Waals surface area contributed by atoms with Crippen LogP contribution in [0.25, 0.3) is 0 Å². The van der Waals surface area contributed by atoms with Crippen LogP contribution in [0.1, 0.15) is 30.3 Å². The Kier molecular flexibility index (Phi) is 6.05. The Bertz CT molecular complexity index is 1070. The van der Waals surface area contributed by atoms with E-state index in [1.54, 1.807) is 25.1 Å². The van der Waals surface area contributed by atoms with Crippen LogP contribution in [0.15, 0.2) is 36.4 Å². The Morgan fingerprint density at radius 3 is 2.55 bits per heavy atom. The molecule has 0 bridgehead atoms. The van der Waals surface area contributed by atoms with Crippen molar-refractivity contribution in [3.8, 4) is 23.0 Å². The maximum absolute atomic E-state index is 13.0. The maximum atomic E-state index is 13.0. The van der Waals surface area contributed by atoms with Crippen LogP contribution >= 0.6 is 0 Å². The lowest BCUT2D eigenvalue weighted by Crippen LogP contribution is -2.50. The van der Waals surface area contributed by atoms with Crippen molar-refractivity contribution in [2.75, 3.05) is 27.6 Å². The molecular weight excluding hydrogens is 436 g/mol. The molecule has 0 saturated carbocycles. The summed E-state index contributed by atoms with van der Waals surface area (Å²) < 4.78 is 31.7. The number of fused-ring (bicyclic) bond motifs is 1. The Balaban J connectivity index is 1.76. The number of hydrogen-bond acceptors (Lipinski definition) is 10. The highest BCUT2D eigenvalue weighted by Crippen LogP contribution is 2.50. The molecule has 1 saturated heterocycles.